The van der Waals surface area contributed by atoms with Crippen molar-refractivity contribution < 1.29 is 0 Å². The number of hydrogen-bond donors (Lipinski definition) is 0. The van der Waals surface area contributed by atoms with E-state index in [-0.39, 0.29) is 5.41 Å². The molecular weight excluding hydrogens is 176 g/mol. The second kappa shape index (κ2) is 2.77. The molecule has 14 heavy (non-hydrogen) atoms. The van der Waals surface area contributed by atoms with Gasteiger partial charge in [-0.2, -0.15) is 5.10 Å². The fraction of sp³-hybridized carbons (Fsp3) is 0.500. The zero-order valence-corrected chi connectivity index (χ0v) is 8.94. The molecule has 0 aliphatic heterocycles. The molecule has 0 bridgehead atoms. The summed E-state index contributed by atoms with van der Waals surface area (Å²) in [5, 5.41) is 7.79. The molecule has 74 valence electrons. The van der Waals surface area contributed by atoms with Crippen molar-refractivity contribution in [3.8, 4) is 0 Å². The number of imidazole rings is 1. The van der Waals surface area contributed by atoms with Gasteiger partial charge in [-0.1, -0.05) is 20.8 Å². The normalized spacial score (nSPS) is 12.3. The van der Waals surface area contributed by atoms with Gasteiger partial charge in [-0.3, -0.25) is 4.40 Å². The van der Waals surface area contributed by atoms with E-state index < -0.39 is 0 Å². The van der Waals surface area contributed by atoms with Crippen LogP contribution in [0.5, 0.6) is 0 Å². The topological polar surface area (TPSA) is 43.1 Å². The Hall–Kier alpha value is -1.45. The standard InChI is InChI=1S/C10H14N4/c1-7-8(10(2,3)4)14-6-5-11-13-9(14)12-7/h5-6H,1-4H3. The van der Waals surface area contributed by atoms with Crippen molar-refractivity contribution in [1.29, 1.82) is 0 Å². The lowest BCUT2D eigenvalue weighted by Gasteiger charge is -2.18. The maximum atomic E-state index is 4.37. The molecule has 0 aromatic carbocycles. The molecule has 2 aromatic rings. The summed E-state index contributed by atoms with van der Waals surface area (Å²) >= 11 is 0. The molecule has 2 heterocycles. The molecule has 0 fully saturated rings. The number of fused-ring (bicyclic) bond motifs is 1. The SMILES string of the molecule is Cc1nc2nnccn2c1C(C)(C)C. The Balaban J connectivity index is 2.81. The first-order valence-electron chi connectivity index (χ1n) is 4.67. The summed E-state index contributed by atoms with van der Waals surface area (Å²) in [7, 11) is 0. The third-order valence-electron chi connectivity index (χ3n) is 2.21. The van der Waals surface area contributed by atoms with Crippen LogP contribution >= 0.6 is 0 Å². The van der Waals surface area contributed by atoms with Crippen molar-refractivity contribution in [2.45, 2.75) is 33.1 Å². The van der Waals surface area contributed by atoms with E-state index in [1.165, 1.54) is 5.69 Å². The van der Waals surface area contributed by atoms with Gasteiger partial charge in [-0.15, -0.1) is 5.10 Å². The minimum atomic E-state index is 0.0759. The van der Waals surface area contributed by atoms with E-state index in [4.69, 9.17) is 0 Å². The Kier molecular flexibility index (Phi) is 1.80. The highest BCUT2D eigenvalue weighted by atomic mass is 15.2. The van der Waals surface area contributed by atoms with Gasteiger partial charge < -0.3 is 0 Å². The third-order valence-corrected chi connectivity index (χ3v) is 2.21. The predicted octanol–water partition coefficient (Wildman–Crippen LogP) is 1.73. The summed E-state index contributed by atoms with van der Waals surface area (Å²) in [5.74, 6) is 0.676. The van der Waals surface area contributed by atoms with Crippen LogP contribution in [-0.2, 0) is 5.41 Å². The van der Waals surface area contributed by atoms with Crippen LogP contribution < -0.4 is 0 Å². The van der Waals surface area contributed by atoms with Crippen molar-refractivity contribution in [2.24, 2.45) is 0 Å². The minimum Gasteiger partial charge on any atom is -0.284 e. The van der Waals surface area contributed by atoms with Gasteiger partial charge in [-0.25, -0.2) is 4.98 Å². The molecule has 0 atom stereocenters. The first kappa shape index (κ1) is 9.12. The van der Waals surface area contributed by atoms with E-state index in [2.05, 4.69) is 36.0 Å². The van der Waals surface area contributed by atoms with Gasteiger partial charge in [0.05, 0.1) is 17.6 Å². The van der Waals surface area contributed by atoms with E-state index in [0.29, 0.717) is 5.78 Å². The second-order valence-electron chi connectivity index (χ2n) is 4.48. The van der Waals surface area contributed by atoms with E-state index >= 15 is 0 Å². The highest BCUT2D eigenvalue weighted by Gasteiger charge is 2.22. The molecule has 2 rings (SSSR count). The third kappa shape index (κ3) is 1.27. The molecule has 4 heteroatoms. The molecule has 0 radical (unpaired) electrons. The smallest absolute Gasteiger partial charge is 0.254 e. The maximum absolute atomic E-state index is 4.37. The van der Waals surface area contributed by atoms with Gasteiger partial charge in [0, 0.05) is 11.6 Å². The highest BCUT2D eigenvalue weighted by molar-refractivity contribution is 5.36. The highest BCUT2D eigenvalue weighted by Crippen LogP contribution is 2.25. The maximum Gasteiger partial charge on any atom is 0.254 e. The zero-order chi connectivity index (χ0) is 10.3. The summed E-state index contributed by atoms with van der Waals surface area (Å²) < 4.78 is 2.00. The average molecular weight is 190 g/mol. The van der Waals surface area contributed by atoms with Crippen LogP contribution in [0, 0.1) is 6.92 Å². The van der Waals surface area contributed by atoms with Gasteiger partial charge in [0.25, 0.3) is 5.78 Å². The second-order valence-corrected chi connectivity index (χ2v) is 4.48. The fourth-order valence-corrected chi connectivity index (χ4v) is 1.83. The van der Waals surface area contributed by atoms with E-state index in [9.17, 15) is 0 Å². The molecule has 0 saturated carbocycles. The predicted molar refractivity (Wildman–Crippen MR) is 54.2 cm³/mol. The monoisotopic (exact) mass is 190 g/mol. The molecule has 0 saturated heterocycles. The Labute approximate surface area is 83.0 Å². The number of aromatic nitrogens is 4. The summed E-state index contributed by atoms with van der Waals surface area (Å²) in [4.78, 5) is 4.37. The zero-order valence-electron chi connectivity index (χ0n) is 8.94. The molecule has 0 aliphatic rings. The van der Waals surface area contributed by atoms with Gasteiger partial charge in [-0.05, 0) is 6.92 Å². The Morgan fingerprint density at radius 1 is 1.29 bits per heavy atom. The lowest BCUT2D eigenvalue weighted by molar-refractivity contribution is 0.558. The van der Waals surface area contributed by atoms with Crippen LogP contribution in [0.3, 0.4) is 0 Å². The molecular formula is C10H14N4. The van der Waals surface area contributed by atoms with E-state index in [1.54, 1.807) is 6.20 Å². The minimum absolute atomic E-state index is 0.0759. The van der Waals surface area contributed by atoms with Crippen LogP contribution in [0.4, 0.5) is 0 Å². The van der Waals surface area contributed by atoms with Crippen molar-refractivity contribution in [3.05, 3.63) is 23.8 Å². The van der Waals surface area contributed by atoms with Crippen molar-refractivity contribution in [2.75, 3.05) is 0 Å². The summed E-state index contributed by atoms with van der Waals surface area (Å²) in [6.07, 6.45) is 3.59. The van der Waals surface area contributed by atoms with Crippen LogP contribution in [-0.4, -0.2) is 19.6 Å². The van der Waals surface area contributed by atoms with Gasteiger partial charge in [0.15, 0.2) is 0 Å². The average Bonchev–Trinajstić information content (AvgIpc) is 2.38. The van der Waals surface area contributed by atoms with Crippen LogP contribution in [0.25, 0.3) is 5.78 Å². The molecule has 0 spiro atoms. The van der Waals surface area contributed by atoms with Crippen molar-refractivity contribution >= 4 is 5.78 Å². The number of hydrogen-bond acceptors (Lipinski definition) is 3. The molecule has 2 aromatic heterocycles. The largest absolute Gasteiger partial charge is 0.284 e. The van der Waals surface area contributed by atoms with E-state index in [0.717, 1.165) is 5.69 Å². The lowest BCUT2D eigenvalue weighted by atomic mass is 9.91. The van der Waals surface area contributed by atoms with Gasteiger partial charge in [0.2, 0.25) is 0 Å². The summed E-state index contributed by atoms with van der Waals surface area (Å²) in [6.45, 7) is 8.52. The number of nitrogens with zero attached hydrogens (tertiary/aromatic N) is 4. The van der Waals surface area contributed by atoms with Crippen LogP contribution in [0.15, 0.2) is 12.4 Å². The van der Waals surface area contributed by atoms with Gasteiger partial charge in [0.1, 0.15) is 0 Å². The Morgan fingerprint density at radius 3 is 2.64 bits per heavy atom. The Bertz CT molecular complexity index is 464. The number of rotatable bonds is 0. The van der Waals surface area contributed by atoms with Crippen LogP contribution in [0.1, 0.15) is 32.2 Å². The fourth-order valence-electron chi connectivity index (χ4n) is 1.83. The summed E-state index contributed by atoms with van der Waals surface area (Å²) in [6, 6.07) is 0. The summed E-state index contributed by atoms with van der Waals surface area (Å²) in [5.41, 5.74) is 2.30. The quantitative estimate of drug-likeness (QED) is 0.635. The first-order valence-corrected chi connectivity index (χ1v) is 4.67. The first-order chi connectivity index (χ1) is 6.50. The Morgan fingerprint density at radius 2 is 2.00 bits per heavy atom. The van der Waals surface area contributed by atoms with Crippen molar-refractivity contribution in [3.63, 3.8) is 0 Å². The van der Waals surface area contributed by atoms with Gasteiger partial charge >= 0.3 is 0 Å². The molecule has 4 nitrogen and oxygen atoms in total. The van der Waals surface area contributed by atoms with Crippen LogP contribution in [0.2, 0.25) is 0 Å². The van der Waals surface area contributed by atoms with E-state index in [1.807, 2.05) is 17.5 Å². The lowest BCUT2D eigenvalue weighted by Crippen LogP contribution is -2.15. The van der Waals surface area contributed by atoms with Crippen molar-refractivity contribution in [1.82, 2.24) is 19.6 Å². The number of aryl methyl sites for hydroxylation is 1. The molecule has 0 aliphatic carbocycles. The molecule has 0 N–H and O–H groups in total. The molecule has 0 amide bonds. The molecule has 0 unspecified atom stereocenters.